The lowest BCUT2D eigenvalue weighted by Crippen LogP contribution is -2.03. The summed E-state index contributed by atoms with van der Waals surface area (Å²) in [5.74, 6) is 1.05. The predicted molar refractivity (Wildman–Crippen MR) is 68.3 cm³/mol. The predicted octanol–water partition coefficient (Wildman–Crippen LogP) is 4.02. The van der Waals surface area contributed by atoms with E-state index >= 15 is 0 Å². The molecule has 0 bridgehead atoms. The Morgan fingerprint density at radius 2 is 1.80 bits per heavy atom. The van der Waals surface area contributed by atoms with Gasteiger partial charge in [0.2, 0.25) is 0 Å². The van der Waals surface area contributed by atoms with Crippen molar-refractivity contribution in [3.05, 3.63) is 23.9 Å². The minimum Gasteiger partial charge on any atom is -0.367 e. The Morgan fingerprint density at radius 1 is 1.20 bits per heavy atom. The van der Waals surface area contributed by atoms with E-state index in [2.05, 4.69) is 23.3 Å². The fourth-order valence-corrected chi connectivity index (χ4v) is 1.06. The highest BCUT2D eigenvalue weighted by Gasteiger charge is 2.21. The Labute approximate surface area is 94.1 Å². The van der Waals surface area contributed by atoms with Crippen molar-refractivity contribution in [3.63, 3.8) is 0 Å². The summed E-state index contributed by atoms with van der Waals surface area (Å²) in [5.41, 5.74) is 1.24. The summed E-state index contributed by atoms with van der Waals surface area (Å²) >= 11 is 0. The maximum absolute atomic E-state index is 4.25. The first-order valence-electron chi connectivity index (χ1n) is 6.04. The van der Waals surface area contributed by atoms with Crippen molar-refractivity contribution in [1.82, 2.24) is 4.98 Å². The van der Waals surface area contributed by atoms with Crippen molar-refractivity contribution >= 4 is 5.82 Å². The van der Waals surface area contributed by atoms with Crippen LogP contribution in [0.4, 0.5) is 5.82 Å². The first kappa shape index (κ1) is 13.9. The van der Waals surface area contributed by atoms with E-state index in [1.807, 2.05) is 40.0 Å². The molecule has 0 atom stereocenters. The van der Waals surface area contributed by atoms with Gasteiger partial charge in [0, 0.05) is 12.2 Å². The first-order valence-corrected chi connectivity index (χ1v) is 6.04. The highest BCUT2D eigenvalue weighted by Crippen LogP contribution is 2.24. The third-order valence-electron chi connectivity index (χ3n) is 1.93. The first-order chi connectivity index (χ1) is 7.36. The second kappa shape index (κ2) is 8.27. The molecule has 1 N–H and O–H groups in total. The van der Waals surface area contributed by atoms with Crippen LogP contribution in [0.2, 0.25) is 0 Å². The van der Waals surface area contributed by atoms with Crippen LogP contribution in [0.25, 0.3) is 0 Å². The number of pyridine rings is 1. The van der Waals surface area contributed by atoms with Crippen molar-refractivity contribution in [2.75, 3.05) is 5.32 Å². The summed E-state index contributed by atoms with van der Waals surface area (Å²) in [6, 6.07) is 4.74. The molecule has 0 aliphatic heterocycles. The smallest absolute Gasteiger partial charge is 0.129 e. The zero-order valence-electron chi connectivity index (χ0n) is 10.7. The van der Waals surface area contributed by atoms with E-state index in [1.165, 1.54) is 18.4 Å². The largest absolute Gasteiger partial charge is 0.367 e. The molecular formula is C13H24N2. The molecule has 1 saturated carbocycles. The Balaban J connectivity index is 0.000000442. The van der Waals surface area contributed by atoms with E-state index in [1.54, 1.807) is 0 Å². The van der Waals surface area contributed by atoms with Gasteiger partial charge in [-0.05, 0) is 31.4 Å². The fourth-order valence-electron chi connectivity index (χ4n) is 1.06. The van der Waals surface area contributed by atoms with Crippen LogP contribution in [-0.4, -0.2) is 11.0 Å². The van der Waals surface area contributed by atoms with E-state index < -0.39 is 0 Å². The van der Waals surface area contributed by atoms with Gasteiger partial charge >= 0.3 is 0 Å². The summed E-state index contributed by atoms with van der Waals surface area (Å²) in [7, 11) is 0. The Kier molecular flexibility index (Phi) is 7.69. The van der Waals surface area contributed by atoms with Crippen molar-refractivity contribution < 1.29 is 0 Å². The maximum atomic E-state index is 4.25. The zero-order chi connectivity index (χ0) is 11.7. The average molecular weight is 208 g/mol. The SMILES string of the molecule is CC.CC.Cc1cccnc1NC1CC1. The second-order valence-electron chi connectivity index (χ2n) is 3.09. The van der Waals surface area contributed by atoms with Gasteiger partial charge in [0.25, 0.3) is 0 Å². The number of nitrogens with one attached hydrogen (secondary N) is 1. The number of hydrogen-bond donors (Lipinski definition) is 1. The maximum Gasteiger partial charge on any atom is 0.129 e. The lowest BCUT2D eigenvalue weighted by molar-refractivity contribution is 1.10. The van der Waals surface area contributed by atoms with Gasteiger partial charge in [-0.15, -0.1) is 0 Å². The molecule has 2 rings (SSSR count). The molecule has 1 heterocycles. The number of anilines is 1. The fraction of sp³-hybridized carbons (Fsp3) is 0.615. The van der Waals surface area contributed by atoms with E-state index in [-0.39, 0.29) is 0 Å². The van der Waals surface area contributed by atoms with Crippen molar-refractivity contribution in [2.45, 2.75) is 53.5 Å². The van der Waals surface area contributed by atoms with Gasteiger partial charge in [-0.1, -0.05) is 33.8 Å². The number of aromatic nitrogens is 1. The van der Waals surface area contributed by atoms with Crippen LogP contribution in [0, 0.1) is 6.92 Å². The number of nitrogens with zero attached hydrogens (tertiary/aromatic N) is 1. The van der Waals surface area contributed by atoms with Crippen LogP contribution in [0.15, 0.2) is 18.3 Å². The molecule has 86 valence electrons. The van der Waals surface area contributed by atoms with Crippen LogP contribution in [0.1, 0.15) is 46.1 Å². The summed E-state index contributed by atoms with van der Waals surface area (Å²) in [4.78, 5) is 4.25. The zero-order valence-corrected chi connectivity index (χ0v) is 10.7. The van der Waals surface area contributed by atoms with Crippen molar-refractivity contribution in [1.29, 1.82) is 0 Å². The third kappa shape index (κ3) is 5.40. The minimum absolute atomic E-state index is 0.698. The van der Waals surface area contributed by atoms with Crippen LogP contribution < -0.4 is 5.32 Å². The molecule has 1 aliphatic carbocycles. The van der Waals surface area contributed by atoms with Crippen LogP contribution in [0.3, 0.4) is 0 Å². The van der Waals surface area contributed by atoms with Crippen molar-refractivity contribution in [2.24, 2.45) is 0 Å². The molecule has 1 fully saturated rings. The monoisotopic (exact) mass is 208 g/mol. The molecule has 1 aromatic rings. The molecule has 15 heavy (non-hydrogen) atoms. The van der Waals surface area contributed by atoms with Gasteiger partial charge in [0.15, 0.2) is 0 Å². The van der Waals surface area contributed by atoms with Gasteiger partial charge in [-0.3, -0.25) is 0 Å². The molecule has 1 aromatic heterocycles. The topological polar surface area (TPSA) is 24.9 Å². The Bertz CT molecular complexity index is 254. The molecule has 0 amide bonds. The van der Waals surface area contributed by atoms with Crippen LogP contribution >= 0.6 is 0 Å². The molecule has 0 saturated heterocycles. The summed E-state index contributed by atoms with van der Waals surface area (Å²) in [5, 5.41) is 3.37. The van der Waals surface area contributed by atoms with Gasteiger partial charge in [-0.2, -0.15) is 0 Å². The number of rotatable bonds is 2. The summed E-state index contributed by atoms with van der Waals surface area (Å²) < 4.78 is 0. The molecule has 0 spiro atoms. The van der Waals surface area contributed by atoms with E-state index in [0.29, 0.717) is 6.04 Å². The Morgan fingerprint density at radius 3 is 2.27 bits per heavy atom. The highest BCUT2D eigenvalue weighted by molar-refractivity contribution is 5.44. The average Bonchev–Trinajstić information content (AvgIpc) is 3.11. The van der Waals surface area contributed by atoms with Crippen LogP contribution in [0.5, 0.6) is 0 Å². The summed E-state index contributed by atoms with van der Waals surface area (Å²) in [6.45, 7) is 10.1. The highest BCUT2D eigenvalue weighted by atomic mass is 15.0. The molecular weight excluding hydrogens is 184 g/mol. The van der Waals surface area contributed by atoms with E-state index in [9.17, 15) is 0 Å². The van der Waals surface area contributed by atoms with Gasteiger partial charge in [0.05, 0.1) is 0 Å². The standard InChI is InChI=1S/C9H12N2.2C2H6/c1-7-3-2-6-10-9(7)11-8-4-5-8;2*1-2/h2-3,6,8H,4-5H2,1H3,(H,10,11);2*1-2H3. The third-order valence-corrected chi connectivity index (χ3v) is 1.93. The lowest BCUT2D eigenvalue weighted by Gasteiger charge is -2.04. The molecule has 0 radical (unpaired) electrons. The van der Waals surface area contributed by atoms with Gasteiger partial charge in [-0.25, -0.2) is 4.98 Å². The van der Waals surface area contributed by atoms with Crippen molar-refractivity contribution in [3.8, 4) is 0 Å². The van der Waals surface area contributed by atoms with Crippen LogP contribution in [-0.2, 0) is 0 Å². The van der Waals surface area contributed by atoms with Gasteiger partial charge in [0.1, 0.15) is 5.82 Å². The molecule has 2 nitrogen and oxygen atoms in total. The normalized spacial score (nSPS) is 12.9. The number of hydrogen-bond acceptors (Lipinski definition) is 2. The second-order valence-corrected chi connectivity index (χ2v) is 3.09. The molecule has 2 heteroatoms. The van der Waals surface area contributed by atoms with Gasteiger partial charge < -0.3 is 5.32 Å². The quantitative estimate of drug-likeness (QED) is 0.794. The summed E-state index contributed by atoms with van der Waals surface area (Å²) in [6.07, 6.45) is 4.43. The lowest BCUT2D eigenvalue weighted by atomic mass is 10.3. The number of aryl methyl sites for hydroxylation is 1. The molecule has 0 aromatic carbocycles. The Hall–Kier alpha value is -1.05. The minimum atomic E-state index is 0.698. The molecule has 0 unspecified atom stereocenters. The van der Waals surface area contributed by atoms with E-state index in [0.717, 1.165) is 5.82 Å². The van der Waals surface area contributed by atoms with E-state index in [4.69, 9.17) is 0 Å². The molecule has 1 aliphatic rings.